The van der Waals surface area contributed by atoms with Gasteiger partial charge in [-0.05, 0) is 15.6 Å². The number of hydrogen-bond acceptors (Lipinski definition) is 0. The average Bonchev–Trinajstić information content (AvgIpc) is 2.74. The molecular weight excluding hydrogens is 611 g/mol. The number of rotatable bonds is 3. The van der Waals surface area contributed by atoms with E-state index in [0.29, 0.717) is 10.4 Å². The molecule has 0 N–H and O–H groups in total. The molecule has 3 aromatic rings. The summed E-state index contributed by atoms with van der Waals surface area (Å²) in [5, 5.41) is 2.71. The van der Waals surface area contributed by atoms with E-state index in [9.17, 15) is 0 Å². The van der Waals surface area contributed by atoms with Crippen LogP contribution in [0.2, 0.25) is 56.8 Å². The van der Waals surface area contributed by atoms with Crippen molar-refractivity contribution in [2.45, 2.75) is 6.55 Å². The van der Waals surface area contributed by atoms with Crippen molar-refractivity contribution in [3.05, 3.63) is 80.6 Å². The van der Waals surface area contributed by atoms with Crippen molar-refractivity contribution in [2.24, 2.45) is 0 Å². The maximum atomic E-state index is 6.67. The Morgan fingerprint density at radius 3 is 1.00 bits per heavy atom. The van der Waals surface area contributed by atoms with Gasteiger partial charge in [-0.3, -0.25) is 0 Å². The van der Waals surface area contributed by atoms with Gasteiger partial charge in [-0.1, -0.05) is 153 Å². The minimum absolute atomic E-state index is 0.0471. The molecular formula is C19H8Cl10Si. The number of halogens is 10. The standard InChI is InChI=1S/C19H8Cl10Si/c1-30(7-5-3-2-4-6-7,18-14(26)10(22)8(20)11(23)15(18)27)19-16(28)12(24)9(21)13(25)17(19)29/h2-6H,1H3. The highest BCUT2D eigenvalue weighted by molar-refractivity contribution is 7.14. The smallest absolute Gasteiger partial charge is 0.0827 e. The SMILES string of the molecule is C[Si](c1ccccc1)(c1c(Cl)c(Cl)c(Cl)c(Cl)c1Cl)c1c(Cl)c(Cl)c(Cl)c(Cl)c1Cl. The van der Waals surface area contributed by atoms with E-state index in [-0.39, 0.29) is 50.2 Å². The molecule has 0 fully saturated rings. The van der Waals surface area contributed by atoms with E-state index in [0.717, 1.165) is 5.19 Å². The van der Waals surface area contributed by atoms with Crippen LogP contribution in [-0.2, 0) is 0 Å². The summed E-state index contributed by atoms with van der Waals surface area (Å²) in [6.45, 7) is 1.93. The molecule has 0 spiro atoms. The van der Waals surface area contributed by atoms with Gasteiger partial charge in [0.15, 0.2) is 8.07 Å². The van der Waals surface area contributed by atoms with Crippen LogP contribution < -0.4 is 15.6 Å². The molecule has 3 aromatic carbocycles. The van der Waals surface area contributed by atoms with Crippen molar-refractivity contribution < 1.29 is 0 Å². The van der Waals surface area contributed by atoms with Gasteiger partial charge in [-0.15, -0.1) is 0 Å². The van der Waals surface area contributed by atoms with Crippen LogP contribution in [0.3, 0.4) is 0 Å². The summed E-state index contributed by atoms with van der Waals surface area (Å²) in [7, 11) is -3.21. The summed E-state index contributed by atoms with van der Waals surface area (Å²) in [4.78, 5) is 0. The van der Waals surface area contributed by atoms with Crippen LogP contribution in [0.5, 0.6) is 0 Å². The molecule has 158 valence electrons. The van der Waals surface area contributed by atoms with Gasteiger partial charge in [0, 0.05) is 0 Å². The summed E-state index contributed by atoms with van der Waals surface area (Å²) >= 11 is 64.6. The van der Waals surface area contributed by atoms with Crippen molar-refractivity contribution in [3.8, 4) is 0 Å². The van der Waals surface area contributed by atoms with Gasteiger partial charge in [0.2, 0.25) is 0 Å². The predicted octanol–water partition coefficient (Wildman–Crippen LogP) is 9.32. The molecule has 11 heteroatoms. The monoisotopic (exact) mass is 614 g/mol. The van der Waals surface area contributed by atoms with E-state index in [1.54, 1.807) is 0 Å². The van der Waals surface area contributed by atoms with Gasteiger partial charge < -0.3 is 0 Å². The van der Waals surface area contributed by atoms with Gasteiger partial charge in [0.1, 0.15) is 0 Å². The first-order valence-electron chi connectivity index (χ1n) is 8.05. The fraction of sp³-hybridized carbons (Fsp3) is 0.0526. The Morgan fingerprint density at radius 1 is 0.433 bits per heavy atom. The van der Waals surface area contributed by atoms with Crippen LogP contribution >= 0.6 is 116 Å². The summed E-state index contributed by atoms with van der Waals surface area (Å²) in [6, 6.07) is 9.40. The van der Waals surface area contributed by atoms with Crippen molar-refractivity contribution in [1.29, 1.82) is 0 Å². The van der Waals surface area contributed by atoms with Crippen molar-refractivity contribution in [3.63, 3.8) is 0 Å². The maximum absolute atomic E-state index is 6.67. The number of benzene rings is 3. The second-order valence-electron chi connectivity index (χ2n) is 6.38. The Morgan fingerprint density at radius 2 is 0.700 bits per heavy atom. The maximum Gasteiger partial charge on any atom is 0.153 e. The largest absolute Gasteiger partial charge is 0.153 e. The predicted molar refractivity (Wildman–Crippen MR) is 140 cm³/mol. The highest BCUT2D eigenvalue weighted by Gasteiger charge is 2.44. The average molecular weight is 619 g/mol. The summed E-state index contributed by atoms with van der Waals surface area (Å²) in [5.74, 6) is 0. The number of hydrogen-bond donors (Lipinski definition) is 0. The van der Waals surface area contributed by atoms with Gasteiger partial charge in [-0.25, -0.2) is 0 Å². The molecule has 0 saturated heterocycles. The molecule has 0 atom stereocenters. The molecule has 0 aromatic heterocycles. The molecule has 0 nitrogen and oxygen atoms in total. The first-order valence-corrected chi connectivity index (χ1v) is 14.3. The topological polar surface area (TPSA) is 0 Å². The molecule has 0 heterocycles. The highest BCUT2D eigenvalue weighted by Crippen LogP contribution is 2.44. The molecule has 0 aliphatic rings. The van der Waals surface area contributed by atoms with Crippen LogP contribution in [0.25, 0.3) is 0 Å². The molecule has 0 radical (unpaired) electrons. The van der Waals surface area contributed by atoms with E-state index in [1.807, 2.05) is 36.9 Å². The fourth-order valence-corrected chi connectivity index (χ4v) is 12.1. The third-order valence-corrected chi connectivity index (χ3v) is 14.4. The quantitative estimate of drug-likeness (QED) is 0.119. The molecule has 0 unspecified atom stereocenters. The van der Waals surface area contributed by atoms with Crippen LogP contribution in [0.4, 0.5) is 0 Å². The van der Waals surface area contributed by atoms with Crippen molar-refractivity contribution in [2.75, 3.05) is 0 Å². The Kier molecular flexibility index (Phi) is 8.10. The second kappa shape index (κ2) is 9.56. The zero-order valence-corrected chi connectivity index (χ0v) is 23.2. The van der Waals surface area contributed by atoms with Crippen molar-refractivity contribution >= 4 is 140 Å². The van der Waals surface area contributed by atoms with Crippen LogP contribution in [-0.4, -0.2) is 8.07 Å². The molecule has 0 aliphatic heterocycles. The van der Waals surface area contributed by atoms with E-state index in [1.165, 1.54) is 0 Å². The van der Waals surface area contributed by atoms with Crippen LogP contribution in [0, 0.1) is 0 Å². The first-order chi connectivity index (χ1) is 14.0. The van der Waals surface area contributed by atoms with Gasteiger partial charge in [0.05, 0.1) is 50.2 Å². The third-order valence-electron chi connectivity index (χ3n) is 4.77. The van der Waals surface area contributed by atoms with E-state index in [4.69, 9.17) is 116 Å². The van der Waals surface area contributed by atoms with Crippen molar-refractivity contribution in [1.82, 2.24) is 0 Å². The zero-order valence-electron chi connectivity index (χ0n) is 14.7. The van der Waals surface area contributed by atoms with Gasteiger partial charge in [0.25, 0.3) is 0 Å². The Hall–Kier alpha value is 0.777. The Bertz CT molecular complexity index is 1030. The molecule has 0 amide bonds. The lowest BCUT2D eigenvalue weighted by molar-refractivity contribution is 1.65. The normalized spacial score (nSPS) is 11.8. The molecule has 30 heavy (non-hydrogen) atoms. The van der Waals surface area contributed by atoms with Gasteiger partial charge >= 0.3 is 0 Å². The minimum Gasteiger partial charge on any atom is -0.0827 e. The Balaban J connectivity index is 2.60. The first kappa shape index (κ1) is 25.4. The fourth-order valence-electron chi connectivity index (χ4n) is 3.27. The molecule has 0 saturated carbocycles. The molecule has 3 rings (SSSR count). The van der Waals surface area contributed by atoms with E-state index < -0.39 is 8.07 Å². The summed E-state index contributed by atoms with van der Waals surface area (Å²) in [6.07, 6.45) is 0. The van der Waals surface area contributed by atoms with Gasteiger partial charge in [-0.2, -0.15) is 0 Å². The lowest BCUT2D eigenvalue weighted by atomic mass is 10.3. The minimum atomic E-state index is -3.21. The molecule has 0 aliphatic carbocycles. The van der Waals surface area contributed by atoms with Crippen LogP contribution in [0.15, 0.2) is 30.3 Å². The Labute approximate surface area is 224 Å². The second-order valence-corrected chi connectivity index (χ2v) is 14.0. The van der Waals surface area contributed by atoms with E-state index in [2.05, 4.69) is 0 Å². The summed E-state index contributed by atoms with van der Waals surface area (Å²) < 4.78 is 0. The lowest BCUT2D eigenvalue weighted by Crippen LogP contribution is -2.66. The van der Waals surface area contributed by atoms with Crippen LogP contribution in [0.1, 0.15) is 0 Å². The zero-order chi connectivity index (χ0) is 22.5. The third kappa shape index (κ3) is 3.97. The lowest BCUT2D eigenvalue weighted by Gasteiger charge is -2.34. The summed E-state index contributed by atoms with van der Waals surface area (Å²) in [5.41, 5.74) is 0. The highest BCUT2D eigenvalue weighted by atomic mass is 35.5. The molecule has 0 bridgehead atoms. The van der Waals surface area contributed by atoms with E-state index >= 15 is 0 Å².